The van der Waals surface area contributed by atoms with Gasteiger partial charge in [-0.1, -0.05) is 6.07 Å². The van der Waals surface area contributed by atoms with E-state index in [1.807, 2.05) is 0 Å². The van der Waals surface area contributed by atoms with Crippen LogP contribution in [0.4, 0.5) is 8.78 Å². The highest BCUT2D eigenvalue weighted by atomic mass is 32.2. The summed E-state index contributed by atoms with van der Waals surface area (Å²) < 4.78 is 56.3. The first kappa shape index (κ1) is 19.5. The molecule has 0 spiro atoms. The molecule has 1 saturated heterocycles. The molecule has 10 heteroatoms. The molecule has 1 aliphatic rings. The molecular formula is C17H20F2N4O3S. The fourth-order valence-corrected chi connectivity index (χ4v) is 4.66. The largest absolute Gasteiger partial charge is 0.364 e. The van der Waals surface area contributed by atoms with Crippen molar-refractivity contribution >= 4 is 15.9 Å². The Morgan fingerprint density at radius 3 is 2.67 bits per heavy atom. The first-order chi connectivity index (χ1) is 12.7. The molecule has 1 aromatic carbocycles. The SMILES string of the molecule is Cn1cc(S(=O)(=O)NC2CNCCC2c2ccc(F)c(F)c2)cc1C(N)=O. The summed E-state index contributed by atoms with van der Waals surface area (Å²) in [5, 5.41) is 3.10. The molecular weight excluding hydrogens is 378 g/mol. The van der Waals surface area contributed by atoms with E-state index < -0.39 is 33.6 Å². The Kier molecular flexibility index (Phi) is 5.31. The lowest BCUT2D eigenvalue weighted by atomic mass is 9.86. The summed E-state index contributed by atoms with van der Waals surface area (Å²) in [5.41, 5.74) is 5.82. The second kappa shape index (κ2) is 7.37. The Balaban J connectivity index is 1.88. The van der Waals surface area contributed by atoms with E-state index in [4.69, 9.17) is 5.73 Å². The number of sulfonamides is 1. The normalized spacial score (nSPS) is 20.6. The average molecular weight is 398 g/mol. The molecule has 7 nitrogen and oxygen atoms in total. The maximum atomic E-state index is 13.6. The van der Waals surface area contributed by atoms with E-state index in [1.165, 1.54) is 29.9 Å². The standard InChI is InChI=1S/C17H20F2N4O3S/c1-23-9-11(7-16(23)17(20)24)27(25,26)22-15-8-21-5-4-12(15)10-2-3-13(18)14(19)6-10/h2-3,6-7,9,12,15,21-22H,4-5,8H2,1H3,(H2,20,24). The van der Waals surface area contributed by atoms with Crippen molar-refractivity contribution in [3.8, 4) is 0 Å². The van der Waals surface area contributed by atoms with Gasteiger partial charge in [0, 0.05) is 31.7 Å². The van der Waals surface area contributed by atoms with Gasteiger partial charge in [0.2, 0.25) is 10.0 Å². The van der Waals surface area contributed by atoms with Gasteiger partial charge in [0.1, 0.15) is 10.6 Å². The summed E-state index contributed by atoms with van der Waals surface area (Å²) in [4.78, 5) is 11.3. The highest BCUT2D eigenvalue weighted by Gasteiger charge is 2.31. The Labute approximate surface area is 155 Å². The van der Waals surface area contributed by atoms with Crippen LogP contribution in [-0.2, 0) is 17.1 Å². The molecule has 146 valence electrons. The van der Waals surface area contributed by atoms with Gasteiger partial charge in [-0.05, 0) is 36.7 Å². The maximum absolute atomic E-state index is 13.6. The molecule has 3 rings (SSSR count). The van der Waals surface area contributed by atoms with Gasteiger partial charge < -0.3 is 15.6 Å². The number of amides is 1. The molecule has 2 unspecified atom stereocenters. The minimum absolute atomic E-state index is 0.0642. The number of carbonyl (C=O) groups excluding carboxylic acids is 1. The van der Waals surface area contributed by atoms with Crippen molar-refractivity contribution in [3.63, 3.8) is 0 Å². The van der Waals surface area contributed by atoms with Crippen LogP contribution in [0.15, 0.2) is 35.4 Å². The molecule has 0 aliphatic carbocycles. The summed E-state index contributed by atoms with van der Waals surface area (Å²) in [7, 11) is -2.42. The molecule has 0 bridgehead atoms. The Bertz CT molecular complexity index is 975. The van der Waals surface area contributed by atoms with Crippen molar-refractivity contribution in [1.29, 1.82) is 0 Å². The first-order valence-corrected chi connectivity index (χ1v) is 9.81. The number of nitrogens with one attached hydrogen (secondary N) is 2. The molecule has 1 fully saturated rings. The number of aromatic nitrogens is 1. The van der Waals surface area contributed by atoms with Crippen molar-refractivity contribution in [2.24, 2.45) is 12.8 Å². The third-order valence-electron chi connectivity index (χ3n) is 4.70. The molecule has 1 aromatic heterocycles. The summed E-state index contributed by atoms with van der Waals surface area (Å²) >= 11 is 0. The molecule has 2 aromatic rings. The predicted molar refractivity (Wildman–Crippen MR) is 94.6 cm³/mol. The predicted octanol–water partition coefficient (Wildman–Crippen LogP) is 0.826. The zero-order chi connectivity index (χ0) is 19.8. The topological polar surface area (TPSA) is 106 Å². The van der Waals surface area contributed by atoms with Crippen molar-refractivity contribution in [3.05, 3.63) is 53.4 Å². The van der Waals surface area contributed by atoms with Gasteiger partial charge in [0.15, 0.2) is 11.6 Å². The van der Waals surface area contributed by atoms with Gasteiger partial charge in [0.05, 0.1) is 0 Å². The zero-order valence-electron chi connectivity index (χ0n) is 14.6. The molecule has 2 heterocycles. The van der Waals surface area contributed by atoms with E-state index in [-0.39, 0.29) is 16.5 Å². The van der Waals surface area contributed by atoms with Crippen LogP contribution < -0.4 is 15.8 Å². The highest BCUT2D eigenvalue weighted by molar-refractivity contribution is 7.89. The summed E-state index contributed by atoms with van der Waals surface area (Å²) in [6.07, 6.45) is 1.85. The number of nitrogens with two attached hydrogens (primary N) is 1. The third-order valence-corrected chi connectivity index (χ3v) is 6.16. The van der Waals surface area contributed by atoms with Crippen molar-refractivity contribution < 1.29 is 22.0 Å². The molecule has 1 amide bonds. The van der Waals surface area contributed by atoms with Crippen LogP contribution in [0.25, 0.3) is 0 Å². The van der Waals surface area contributed by atoms with E-state index >= 15 is 0 Å². The van der Waals surface area contributed by atoms with Gasteiger partial charge in [-0.15, -0.1) is 0 Å². The average Bonchev–Trinajstić information content (AvgIpc) is 3.01. The Hall–Kier alpha value is -2.30. The summed E-state index contributed by atoms with van der Waals surface area (Å²) in [6, 6.07) is 4.23. The molecule has 27 heavy (non-hydrogen) atoms. The number of halogens is 2. The molecule has 4 N–H and O–H groups in total. The fraction of sp³-hybridized carbons (Fsp3) is 0.353. The highest BCUT2D eigenvalue weighted by Crippen LogP contribution is 2.28. The van der Waals surface area contributed by atoms with E-state index in [0.717, 1.165) is 12.1 Å². The van der Waals surface area contributed by atoms with Gasteiger partial charge >= 0.3 is 0 Å². The zero-order valence-corrected chi connectivity index (χ0v) is 15.4. The Morgan fingerprint density at radius 1 is 1.30 bits per heavy atom. The monoisotopic (exact) mass is 398 g/mol. The number of hydrogen-bond acceptors (Lipinski definition) is 4. The van der Waals surface area contributed by atoms with Crippen LogP contribution in [0, 0.1) is 11.6 Å². The quantitative estimate of drug-likeness (QED) is 0.693. The van der Waals surface area contributed by atoms with Gasteiger partial charge in [-0.3, -0.25) is 4.79 Å². The van der Waals surface area contributed by atoms with Crippen molar-refractivity contribution in [2.75, 3.05) is 13.1 Å². The minimum Gasteiger partial charge on any atom is -0.364 e. The minimum atomic E-state index is -3.94. The number of hydrogen-bond donors (Lipinski definition) is 3. The van der Waals surface area contributed by atoms with Crippen LogP contribution in [-0.4, -0.2) is 38.0 Å². The van der Waals surface area contributed by atoms with E-state index in [0.29, 0.717) is 25.1 Å². The smallest absolute Gasteiger partial charge is 0.265 e. The molecule has 0 saturated carbocycles. The van der Waals surface area contributed by atoms with Crippen LogP contribution in [0.1, 0.15) is 28.4 Å². The van der Waals surface area contributed by atoms with Crippen molar-refractivity contribution in [2.45, 2.75) is 23.3 Å². The number of aryl methyl sites for hydroxylation is 1. The molecule has 2 atom stereocenters. The third kappa shape index (κ3) is 4.02. The van der Waals surface area contributed by atoms with Crippen LogP contribution in [0.2, 0.25) is 0 Å². The molecule has 1 aliphatic heterocycles. The van der Waals surface area contributed by atoms with Crippen LogP contribution in [0.5, 0.6) is 0 Å². The number of rotatable bonds is 5. The second-order valence-corrected chi connectivity index (χ2v) is 8.25. The number of carbonyl (C=O) groups is 1. The first-order valence-electron chi connectivity index (χ1n) is 8.33. The Morgan fingerprint density at radius 2 is 2.04 bits per heavy atom. The maximum Gasteiger partial charge on any atom is 0.265 e. The van der Waals surface area contributed by atoms with Crippen LogP contribution in [0.3, 0.4) is 0 Å². The van der Waals surface area contributed by atoms with Gasteiger partial charge in [0.25, 0.3) is 5.91 Å². The summed E-state index contributed by atoms with van der Waals surface area (Å²) in [6.45, 7) is 0.956. The van der Waals surface area contributed by atoms with E-state index in [9.17, 15) is 22.0 Å². The summed E-state index contributed by atoms with van der Waals surface area (Å²) in [5.74, 6) is -2.98. The number of piperidine rings is 1. The second-order valence-electron chi connectivity index (χ2n) is 6.54. The lowest BCUT2D eigenvalue weighted by Gasteiger charge is -2.33. The van der Waals surface area contributed by atoms with Gasteiger partial charge in [-0.2, -0.15) is 0 Å². The van der Waals surface area contributed by atoms with Gasteiger partial charge in [-0.25, -0.2) is 21.9 Å². The van der Waals surface area contributed by atoms with E-state index in [1.54, 1.807) is 0 Å². The van der Waals surface area contributed by atoms with Crippen molar-refractivity contribution in [1.82, 2.24) is 14.6 Å². The fourth-order valence-electron chi connectivity index (χ4n) is 3.32. The number of benzene rings is 1. The lowest BCUT2D eigenvalue weighted by molar-refractivity contribution is 0.0992. The lowest BCUT2D eigenvalue weighted by Crippen LogP contribution is -2.49. The van der Waals surface area contributed by atoms with Crippen LogP contribution >= 0.6 is 0 Å². The number of primary amides is 1. The molecule has 0 radical (unpaired) electrons. The number of nitrogens with zero attached hydrogens (tertiary/aromatic N) is 1. The van der Waals surface area contributed by atoms with E-state index in [2.05, 4.69) is 10.0 Å².